The summed E-state index contributed by atoms with van der Waals surface area (Å²) >= 11 is 0. The molecule has 5 nitrogen and oxygen atoms in total. The van der Waals surface area contributed by atoms with E-state index in [4.69, 9.17) is 19.4 Å². The molecule has 0 aliphatic heterocycles. The Morgan fingerprint density at radius 2 is 1.24 bits per heavy atom. The molecule has 0 bridgehead atoms. The van der Waals surface area contributed by atoms with Crippen LogP contribution in [-0.2, 0) is 0 Å². The van der Waals surface area contributed by atoms with E-state index >= 15 is 0 Å². The number of furan rings is 1. The fourth-order valence-corrected chi connectivity index (χ4v) is 6.81. The highest BCUT2D eigenvalue weighted by molar-refractivity contribution is 6.20. The number of hydrogen-bond acceptors (Lipinski definition) is 5. The highest BCUT2D eigenvalue weighted by Gasteiger charge is 2.18. The number of fused-ring (bicyclic) bond motifs is 5. The number of nitriles is 1. The third kappa shape index (κ3) is 5.08. The summed E-state index contributed by atoms with van der Waals surface area (Å²) in [6, 6.07) is 45.5. The lowest BCUT2D eigenvalue weighted by molar-refractivity contribution is 0.672. The first-order valence-electron chi connectivity index (χ1n) is 16.4. The molecule has 49 heavy (non-hydrogen) atoms. The average Bonchev–Trinajstić information content (AvgIpc) is 3.57. The molecule has 0 spiro atoms. The predicted octanol–water partition coefficient (Wildman–Crippen LogP) is 11.2. The van der Waals surface area contributed by atoms with E-state index < -0.39 is 0 Å². The van der Waals surface area contributed by atoms with E-state index in [9.17, 15) is 5.26 Å². The first-order chi connectivity index (χ1) is 24.2. The Morgan fingerprint density at radius 3 is 2.02 bits per heavy atom. The smallest absolute Gasteiger partial charge is 0.164 e. The Bertz CT molecular complexity index is 2660. The van der Waals surface area contributed by atoms with Crippen molar-refractivity contribution in [3.63, 3.8) is 0 Å². The van der Waals surface area contributed by atoms with Gasteiger partial charge in [-0.2, -0.15) is 5.26 Å². The summed E-state index contributed by atoms with van der Waals surface area (Å²) in [4.78, 5) is 14.7. The lowest BCUT2D eigenvalue weighted by Crippen LogP contribution is -2.03. The second-order valence-corrected chi connectivity index (χ2v) is 12.2. The fourth-order valence-electron chi connectivity index (χ4n) is 6.81. The van der Waals surface area contributed by atoms with Gasteiger partial charge >= 0.3 is 0 Å². The molecule has 0 radical (unpaired) electrons. The summed E-state index contributed by atoms with van der Waals surface area (Å²) < 4.78 is 6.45. The molecule has 0 saturated heterocycles. The van der Waals surface area contributed by atoms with Crippen LogP contribution in [0.25, 0.3) is 83.3 Å². The third-order valence-electron chi connectivity index (χ3n) is 9.24. The van der Waals surface area contributed by atoms with Gasteiger partial charge in [-0.1, -0.05) is 127 Å². The zero-order chi connectivity index (χ0) is 32.7. The van der Waals surface area contributed by atoms with Crippen molar-refractivity contribution in [2.75, 3.05) is 0 Å². The van der Waals surface area contributed by atoms with Crippen molar-refractivity contribution in [1.29, 1.82) is 5.26 Å². The second-order valence-electron chi connectivity index (χ2n) is 12.2. The minimum absolute atomic E-state index is 0.642. The van der Waals surface area contributed by atoms with E-state index in [-0.39, 0.29) is 0 Å². The molecule has 5 heteroatoms. The Balaban J connectivity index is 1.11. The molecule has 0 atom stereocenters. The topological polar surface area (TPSA) is 75.6 Å². The quantitative estimate of drug-likeness (QED) is 0.190. The molecule has 1 aliphatic carbocycles. The van der Waals surface area contributed by atoms with Gasteiger partial charge in [0.1, 0.15) is 11.2 Å². The van der Waals surface area contributed by atoms with Crippen LogP contribution in [0.4, 0.5) is 0 Å². The number of rotatable bonds is 5. The van der Waals surface area contributed by atoms with E-state index in [1.54, 1.807) is 0 Å². The zero-order valence-corrected chi connectivity index (χ0v) is 26.5. The molecule has 0 N–H and O–H groups in total. The van der Waals surface area contributed by atoms with Crippen molar-refractivity contribution < 1.29 is 4.42 Å². The lowest BCUT2D eigenvalue weighted by atomic mass is 9.94. The number of benzene rings is 6. The molecule has 2 aromatic heterocycles. The summed E-state index contributed by atoms with van der Waals surface area (Å²) in [5.41, 5.74) is 9.58. The van der Waals surface area contributed by atoms with Gasteiger partial charge in [-0.05, 0) is 58.9 Å². The Labute approximate surface area is 283 Å². The Kier molecular flexibility index (Phi) is 6.92. The maximum Gasteiger partial charge on any atom is 0.164 e. The van der Waals surface area contributed by atoms with Gasteiger partial charge in [0, 0.05) is 32.7 Å². The first-order valence-corrected chi connectivity index (χ1v) is 16.4. The number of hydrogen-bond donors (Lipinski definition) is 0. The standard InChI is InChI=1S/C44H28N4O/c45-27-34-26-38-40-36(19-10-20-39(40)49-41(38)37-18-8-7-17-35(34)37)33-16-9-15-32(25-33)28-21-23-31(24-22-28)44-47-42(29-11-3-1-4-12-29)46-43(48-44)30-13-5-2-6-14-30/h1-5,7-13,15-26H,6,14H2. The van der Waals surface area contributed by atoms with Crippen molar-refractivity contribution in [2.45, 2.75) is 12.8 Å². The molecule has 0 amide bonds. The molecule has 0 saturated carbocycles. The van der Waals surface area contributed by atoms with Gasteiger partial charge in [0.2, 0.25) is 0 Å². The van der Waals surface area contributed by atoms with Crippen LogP contribution in [0.5, 0.6) is 0 Å². The van der Waals surface area contributed by atoms with Crippen LogP contribution >= 0.6 is 0 Å². The van der Waals surface area contributed by atoms with Crippen molar-refractivity contribution in [3.05, 3.63) is 157 Å². The molecule has 230 valence electrons. The van der Waals surface area contributed by atoms with Gasteiger partial charge in [0.05, 0.1) is 11.6 Å². The van der Waals surface area contributed by atoms with Crippen LogP contribution in [-0.4, -0.2) is 15.0 Å². The molecule has 9 rings (SSSR count). The van der Waals surface area contributed by atoms with E-state index in [0.717, 1.165) is 90.3 Å². The van der Waals surface area contributed by atoms with Crippen LogP contribution in [0, 0.1) is 11.3 Å². The summed E-state index contributed by atoms with van der Waals surface area (Å²) in [6.45, 7) is 0. The molecule has 0 fully saturated rings. The average molecular weight is 629 g/mol. The highest BCUT2D eigenvalue weighted by Crippen LogP contribution is 2.41. The van der Waals surface area contributed by atoms with Gasteiger partial charge in [-0.3, -0.25) is 0 Å². The number of nitrogens with zero attached hydrogens (tertiary/aromatic N) is 4. The highest BCUT2D eigenvalue weighted by atomic mass is 16.3. The van der Waals surface area contributed by atoms with Crippen molar-refractivity contribution in [3.8, 4) is 51.1 Å². The van der Waals surface area contributed by atoms with Crippen molar-refractivity contribution in [1.82, 2.24) is 15.0 Å². The van der Waals surface area contributed by atoms with Crippen LogP contribution in [0.15, 0.2) is 150 Å². The predicted molar refractivity (Wildman–Crippen MR) is 197 cm³/mol. The van der Waals surface area contributed by atoms with Gasteiger partial charge in [-0.15, -0.1) is 0 Å². The maximum atomic E-state index is 9.99. The van der Waals surface area contributed by atoms with Gasteiger partial charge in [-0.25, -0.2) is 15.0 Å². The first kappa shape index (κ1) is 28.6. The van der Waals surface area contributed by atoms with Crippen LogP contribution < -0.4 is 0 Å². The van der Waals surface area contributed by atoms with Gasteiger partial charge < -0.3 is 4.42 Å². The molecule has 2 heterocycles. The third-order valence-corrected chi connectivity index (χ3v) is 9.24. The summed E-state index contributed by atoms with van der Waals surface area (Å²) in [5, 5.41) is 13.8. The van der Waals surface area contributed by atoms with E-state index in [1.807, 2.05) is 72.8 Å². The molecular weight excluding hydrogens is 601 g/mol. The van der Waals surface area contributed by atoms with E-state index in [0.29, 0.717) is 17.2 Å². The van der Waals surface area contributed by atoms with Crippen LogP contribution in [0.2, 0.25) is 0 Å². The van der Waals surface area contributed by atoms with Crippen LogP contribution in [0.1, 0.15) is 24.2 Å². The maximum absolute atomic E-state index is 9.99. The summed E-state index contributed by atoms with van der Waals surface area (Å²) in [7, 11) is 0. The van der Waals surface area contributed by atoms with Crippen LogP contribution in [0.3, 0.4) is 0 Å². The minimum Gasteiger partial charge on any atom is -0.455 e. The second kappa shape index (κ2) is 11.9. The largest absolute Gasteiger partial charge is 0.455 e. The van der Waals surface area contributed by atoms with Gasteiger partial charge in [0.25, 0.3) is 0 Å². The SMILES string of the molecule is N#Cc1cc2c(oc3cccc(-c4cccc(-c5ccc(-c6nc(C7=CC=CCC7)nc(-c7ccccc7)n6)cc5)c4)c32)c2ccccc12. The monoisotopic (exact) mass is 628 g/mol. The van der Waals surface area contributed by atoms with E-state index in [1.165, 1.54) is 0 Å². The summed E-state index contributed by atoms with van der Waals surface area (Å²) in [6.07, 6.45) is 8.23. The summed E-state index contributed by atoms with van der Waals surface area (Å²) in [5.74, 6) is 2.05. The lowest BCUT2D eigenvalue weighted by Gasteiger charge is -2.12. The van der Waals surface area contributed by atoms with Crippen molar-refractivity contribution in [2.24, 2.45) is 0 Å². The van der Waals surface area contributed by atoms with Gasteiger partial charge in [0.15, 0.2) is 17.5 Å². The molecule has 0 unspecified atom stereocenters. The fraction of sp³-hybridized carbons (Fsp3) is 0.0455. The minimum atomic E-state index is 0.642. The van der Waals surface area contributed by atoms with Crippen molar-refractivity contribution >= 4 is 38.3 Å². The Hall–Kier alpha value is -6.64. The normalized spacial score (nSPS) is 12.8. The number of allylic oxidation sites excluding steroid dienone is 4. The Morgan fingerprint density at radius 1 is 0.571 bits per heavy atom. The zero-order valence-electron chi connectivity index (χ0n) is 26.5. The number of aromatic nitrogens is 3. The molecule has 6 aromatic carbocycles. The van der Waals surface area contributed by atoms with E-state index in [2.05, 4.69) is 78.9 Å². The molecule has 8 aromatic rings. The molecule has 1 aliphatic rings. The molecular formula is C44H28N4O.